The molecule has 220 valence electrons. The van der Waals surface area contributed by atoms with Gasteiger partial charge < -0.3 is 25.4 Å². The second-order valence-electron chi connectivity index (χ2n) is 10.0. The molecule has 2 aromatic carbocycles. The molecule has 2 aliphatic rings. The fourth-order valence-electron chi connectivity index (χ4n) is 5.21. The van der Waals surface area contributed by atoms with Crippen LogP contribution in [0.4, 0.5) is 18.9 Å². The number of nitrogens with two attached hydrogens (primary N) is 1. The van der Waals surface area contributed by atoms with Gasteiger partial charge in [0.25, 0.3) is 0 Å². The summed E-state index contributed by atoms with van der Waals surface area (Å²) in [6, 6.07) is 4.29. The normalized spacial score (nSPS) is 26.7. The zero-order valence-corrected chi connectivity index (χ0v) is 23.7. The van der Waals surface area contributed by atoms with Crippen molar-refractivity contribution >= 4 is 50.5 Å². The zero-order chi connectivity index (χ0) is 29.9. The molecule has 10 nitrogen and oxygen atoms in total. The van der Waals surface area contributed by atoms with Crippen molar-refractivity contribution in [1.82, 2.24) is 14.8 Å². The molecular formula is C27H24ClF3N6O4S. The maximum atomic E-state index is 15.1. The summed E-state index contributed by atoms with van der Waals surface area (Å²) in [6.07, 6.45) is -3.01. The minimum absolute atomic E-state index is 0.0585. The first kappa shape index (κ1) is 28.7. The highest BCUT2D eigenvalue weighted by Gasteiger charge is 2.54. The molecule has 0 aliphatic carbocycles. The van der Waals surface area contributed by atoms with E-state index in [1.165, 1.54) is 59.6 Å². The average Bonchev–Trinajstić information content (AvgIpc) is 3.65. The lowest BCUT2D eigenvalue weighted by Crippen LogP contribution is -2.57. The number of aliphatic imine (C=N–C) groups is 2. The molecule has 4 heterocycles. The van der Waals surface area contributed by atoms with Crippen LogP contribution in [0.2, 0.25) is 5.02 Å². The molecule has 15 heteroatoms. The Morgan fingerprint density at radius 3 is 2.74 bits per heavy atom. The van der Waals surface area contributed by atoms with E-state index in [2.05, 4.69) is 20.1 Å². The molecule has 0 saturated carbocycles. The van der Waals surface area contributed by atoms with E-state index in [1.807, 2.05) is 0 Å². The number of aliphatic hydroxyl groups is 2. The van der Waals surface area contributed by atoms with E-state index < -0.39 is 54.0 Å². The van der Waals surface area contributed by atoms with Crippen LogP contribution in [0, 0.1) is 24.4 Å². The van der Waals surface area contributed by atoms with Crippen LogP contribution in [0.5, 0.6) is 0 Å². The Hall–Kier alpha value is -3.40. The Balaban J connectivity index is 1.42. The first-order valence-corrected chi connectivity index (χ1v) is 14.0. The number of halogens is 4. The second kappa shape index (κ2) is 11.0. The highest BCUT2D eigenvalue weighted by Crippen LogP contribution is 2.39. The molecule has 0 radical (unpaired) electrons. The van der Waals surface area contributed by atoms with Crippen molar-refractivity contribution in [2.75, 3.05) is 6.61 Å². The average molecular weight is 621 g/mol. The van der Waals surface area contributed by atoms with E-state index in [0.29, 0.717) is 10.2 Å². The van der Waals surface area contributed by atoms with Crippen LogP contribution < -0.4 is 5.73 Å². The molecule has 2 aromatic heterocycles. The predicted molar refractivity (Wildman–Crippen MR) is 151 cm³/mol. The Labute approximate surface area is 245 Å². The molecule has 2 aliphatic heterocycles. The number of fused-ring (bicyclic) bond motifs is 2. The highest BCUT2D eigenvalue weighted by atomic mass is 35.5. The lowest BCUT2D eigenvalue weighted by Gasteiger charge is -2.41. The lowest BCUT2D eigenvalue weighted by atomic mass is 9.91. The largest absolute Gasteiger partial charge is 0.388 e. The van der Waals surface area contributed by atoms with Crippen LogP contribution in [-0.2, 0) is 9.47 Å². The number of benzene rings is 2. The number of aromatic nitrogens is 3. The number of aliphatic hydroxyl groups excluding tert-OH is 2. The van der Waals surface area contributed by atoms with Gasteiger partial charge in [-0.2, -0.15) is 5.10 Å². The minimum Gasteiger partial charge on any atom is -0.388 e. The molecule has 6 atom stereocenters. The summed E-state index contributed by atoms with van der Waals surface area (Å²) in [5, 5.41) is 27.0. The van der Waals surface area contributed by atoms with E-state index in [9.17, 15) is 19.0 Å². The number of amidine groups is 2. The third kappa shape index (κ3) is 5.08. The van der Waals surface area contributed by atoms with Gasteiger partial charge in [-0.05, 0) is 32.0 Å². The summed E-state index contributed by atoms with van der Waals surface area (Å²) in [5.41, 5.74) is 6.38. The summed E-state index contributed by atoms with van der Waals surface area (Å²) in [7, 11) is 0. The molecule has 0 spiro atoms. The van der Waals surface area contributed by atoms with Crippen molar-refractivity contribution in [2.24, 2.45) is 15.7 Å². The summed E-state index contributed by atoms with van der Waals surface area (Å²) in [6.45, 7) is 3.19. The van der Waals surface area contributed by atoms with Gasteiger partial charge in [-0.1, -0.05) is 11.6 Å². The number of ether oxygens (including phenoxy) is 2. The van der Waals surface area contributed by atoms with Gasteiger partial charge >= 0.3 is 0 Å². The van der Waals surface area contributed by atoms with Crippen molar-refractivity contribution < 1.29 is 32.9 Å². The predicted octanol–water partition coefficient (Wildman–Crippen LogP) is 4.08. The summed E-state index contributed by atoms with van der Waals surface area (Å²) in [4.78, 5) is 12.9. The van der Waals surface area contributed by atoms with Crippen molar-refractivity contribution in [3.8, 4) is 11.1 Å². The summed E-state index contributed by atoms with van der Waals surface area (Å²) < 4.78 is 57.8. The molecule has 4 unspecified atom stereocenters. The van der Waals surface area contributed by atoms with Gasteiger partial charge in [-0.25, -0.2) is 28.1 Å². The van der Waals surface area contributed by atoms with Crippen LogP contribution >= 0.6 is 22.9 Å². The van der Waals surface area contributed by atoms with E-state index in [0.717, 1.165) is 5.01 Å². The molecule has 6 rings (SSSR count). The maximum absolute atomic E-state index is 15.1. The van der Waals surface area contributed by atoms with E-state index in [4.69, 9.17) is 26.8 Å². The first-order valence-electron chi connectivity index (χ1n) is 12.8. The van der Waals surface area contributed by atoms with Crippen molar-refractivity contribution in [3.05, 3.63) is 64.1 Å². The Morgan fingerprint density at radius 1 is 1.19 bits per heavy atom. The third-order valence-electron chi connectivity index (χ3n) is 7.06. The van der Waals surface area contributed by atoms with Gasteiger partial charge in [-0.15, -0.1) is 11.3 Å². The summed E-state index contributed by atoms with van der Waals surface area (Å²) in [5.74, 6) is -3.13. The summed E-state index contributed by atoms with van der Waals surface area (Å²) >= 11 is 7.05. The Bertz CT molecular complexity index is 1740. The molecule has 4 aromatic rings. The van der Waals surface area contributed by atoms with Gasteiger partial charge in [0.05, 0.1) is 38.9 Å². The Kier molecular flexibility index (Phi) is 7.53. The molecule has 2 saturated heterocycles. The van der Waals surface area contributed by atoms with E-state index in [1.54, 1.807) is 6.92 Å². The van der Waals surface area contributed by atoms with Crippen LogP contribution in [0.1, 0.15) is 18.0 Å². The van der Waals surface area contributed by atoms with Crippen molar-refractivity contribution in [1.29, 1.82) is 0 Å². The molecule has 0 amide bonds. The number of aryl methyl sites for hydroxylation is 1. The van der Waals surface area contributed by atoms with E-state index in [-0.39, 0.29) is 40.1 Å². The van der Waals surface area contributed by atoms with Crippen LogP contribution in [-0.4, -0.2) is 73.8 Å². The van der Waals surface area contributed by atoms with Gasteiger partial charge in [-0.3, -0.25) is 4.68 Å². The number of thiazole rings is 1. The van der Waals surface area contributed by atoms with Crippen LogP contribution in [0.3, 0.4) is 0 Å². The number of nitrogens with zero attached hydrogens (tertiary/aromatic N) is 5. The lowest BCUT2D eigenvalue weighted by molar-refractivity contribution is -0.168. The van der Waals surface area contributed by atoms with Gasteiger partial charge in [0.15, 0.2) is 23.3 Å². The molecule has 42 heavy (non-hydrogen) atoms. The third-order valence-corrected chi connectivity index (χ3v) is 8.29. The molecule has 4 N–H and O–H groups in total. The highest BCUT2D eigenvalue weighted by molar-refractivity contribution is 7.18. The van der Waals surface area contributed by atoms with Crippen LogP contribution in [0.25, 0.3) is 21.3 Å². The van der Waals surface area contributed by atoms with Gasteiger partial charge in [0, 0.05) is 23.4 Å². The number of rotatable bonds is 4. The first-order chi connectivity index (χ1) is 20.0. The zero-order valence-electron chi connectivity index (χ0n) is 22.1. The monoisotopic (exact) mass is 620 g/mol. The number of hydrogen-bond acceptors (Lipinski definition) is 8. The van der Waals surface area contributed by atoms with Crippen molar-refractivity contribution in [2.45, 2.75) is 50.4 Å². The fraction of sp³-hybridized carbons (Fsp3) is 0.333. The second-order valence-corrected chi connectivity index (χ2v) is 11.7. The smallest absolute Gasteiger partial charge is 0.178 e. The van der Waals surface area contributed by atoms with E-state index >= 15 is 4.39 Å². The fourth-order valence-corrected chi connectivity index (χ4v) is 6.19. The minimum atomic E-state index is -1.46. The topological polar surface area (TPSA) is 140 Å². The molecule has 2 fully saturated rings. The van der Waals surface area contributed by atoms with Gasteiger partial charge in [0.2, 0.25) is 0 Å². The quantitative estimate of drug-likeness (QED) is 0.177. The SMILES string of the molecule is CC(N)=NC(=Nc1cc2sc(C)nc2cc1F)[C@@H]1OC2C(O)CO[C@@H]2C(n2cc(-c3ccc(Cl)c(F)c3F)cn2)C1O. The number of hydrogen-bond donors (Lipinski definition) is 3. The van der Waals surface area contributed by atoms with Gasteiger partial charge in [0.1, 0.15) is 42.2 Å². The maximum Gasteiger partial charge on any atom is 0.178 e. The van der Waals surface area contributed by atoms with Crippen molar-refractivity contribution in [3.63, 3.8) is 0 Å². The Morgan fingerprint density at radius 2 is 1.98 bits per heavy atom. The molecular weight excluding hydrogens is 597 g/mol. The standard InChI is InChI=1S/C27H24ClF3N6O4S/c1-10(32)34-27(36-16-6-19-17(5-15(16)29)35-11(2)42-19)26-23(39)22(25-24(41-26)18(38)9-40-25)37-8-12(7-33-37)13-3-4-14(28)21(31)20(13)30/h3-8,18,22-26,38-39H,9H2,1-2H3,(H2,32,34,36)/t18?,22?,23?,24?,25-,26-/m1/s1. The van der Waals surface area contributed by atoms with Crippen LogP contribution in [0.15, 0.2) is 46.6 Å². The molecule has 0 bridgehead atoms.